The van der Waals surface area contributed by atoms with Gasteiger partial charge >= 0.3 is 5.97 Å². The minimum Gasteiger partial charge on any atom is -0.481 e. The lowest BCUT2D eigenvalue weighted by atomic mass is 10.1. The Morgan fingerprint density at radius 1 is 1.38 bits per heavy atom. The van der Waals surface area contributed by atoms with E-state index < -0.39 is 5.97 Å². The smallest absolute Gasteiger partial charge is 0.306 e. The molecule has 1 amide bonds. The van der Waals surface area contributed by atoms with E-state index in [9.17, 15) is 9.59 Å². The summed E-state index contributed by atoms with van der Waals surface area (Å²) >= 11 is 1.59. The Bertz CT molecular complexity index is 476. The van der Waals surface area contributed by atoms with Gasteiger partial charge < -0.3 is 10.4 Å². The predicted octanol–water partition coefficient (Wildman–Crippen LogP) is 2.85. The van der Waals surface area contributed by atoms with Crippen molar-refractivity contribution in [3.63, 3.8) is 0 Å². The van der Waals surface area contributed by atoms with E-state index in [2.05, 4.69) is 30.4 Å². The summed E-state index contributed by atoms with van der Waals surface area (Å²) in [6, 6.07) is 8.26. The van der Waals surface area contributed by atoms with Gasteiger partial charge in [0.05, 0.1) is 11.7 Å². The highest BCUT2D eigenvalue weighted by Crippen LogP contribution is 2.13. The fourth-order valence-corrected chi connectivity index (χ4v) is 2.68. The number of thioether (sulfide) groups is 1. The molecule has 1 rings (SSSR count). The van der Waals surface area contributed by atoms with Gasteiger partial charge in [0.2, 0.25) is 5.91 Å². The normalized spacial score (nSPS) is 11.9. The fraction of sp³-hybridized carbons (Fsp3) is 0.500. The van der Waals surface area contributed by atoms with Gasteiger partial charge in [-0.3, -0.25) is 9.59 Å². The van der Waals surface area contributed by atoms with Crippen molar-refractivity contribution in [2.24, 2.45) is 5.92 Å². The number of hydrogen-bond donors (Lipinski definition) is 2. The summed E-state index contributed by atoms with van der Waals surface area (Å²) in [7, 11) is 0. The number of carboxylic acid groups (broad SMARTS) is 1. The molecule has 2 N–H and O–H groups in total. The Morgan fingerprint density at radius 2 is 2.14 bits per heavy atom. The van der Waals surface area contributed by atoms with Gasteiger partial charge in [-0.25, -0.2) is 0 Å². The topological polar surface area (TPSA) is 66.4 Å². The second kappa shape index (κ2) is 9.45. The first kappa shape index (κ1) is 17.6. The van der Waals surface area contributed by atoms with Gasteiger partial charge in [0.1, 0.15) is 0 Å². The molecule has 116 valence electrons. The Balaban J connectivity index is 2.10. The van der Waals surface area contributed by atoms with Crippen LogP contribution in [0.5, 0.6) is 0 Å². The molecule has 5 heteroatoms. The summed E-state index contributed by atoms with van der Waals surface area (Å²) in [4.78, 5) is 22.3. The highest BCUT2D eigenvalue weighted by Gasteiger charge is 2.10. The molecule has 21 heavy (non-hydrogen) atoms. The average Bonchev–Trinajstić information content (AvgIpc) is 2.43. The minimum atomic E-state index is -0.782. The van der Waals surface area contributed by atoms with Gasteiger partial charge in [0.25, 0.3) is 0 Å². The van der Waals surface area contributed by atoms with Crippen LogP contribution in [0.15, 0.2) is 24.3 Å². The number of carbonyl (C=O) groups excluding carboxylic acids is 1. The van der Waals surface area contributed by atoms with Gasteiger partial charge in [-0.2, -0.15) is 0 Å². The van der Waals surface area contributed by atoms with Crippen LogP contribution in [-0.4, -0.2) is 29.3 Å². The van der Waals surface area contributed by atoms with E-state index in [0.717, 1.165) is 5.75 Å². The van der Waals surface area contributed by atoms with Crippen LogP contribution < -0.4 is 5.32 Å². The molecule has 0 saturated carbocycles. The van der Waals surface area contributed by atoms with Gasteiger partial charge in [0, 0.05) is 12.3 Å². The van der Waals surface area contributed by atoms with Gasteiger partial charge in [-0.05, 0) is 25.3 Å². The maximum atomic E-state index is 11.6. The third kappa shape index (κ3) is 7.75. The third-order valence-corrected chi connectivity index (χ3v) is 4.15. The summed E-state index contributed by atoms with van der Waals surface area (Å²) in [5.41, 5.74) is 2.45. The fourth-order valence-electron chi connectivity index (χ4n) is 1.87. The largest absolute Gasteiger partial charge is 0.481 e. The number of benzene rings is 1. The van der Waals surface area contributed by atoms with Crippen molar-refractivity contribution in [1.82, 2.24) is 5.32 Å². The number of carbonyl (C=O) groups is 2. The summed E-state index contributed by atoms with van der Waals surface area (Å²) < 4.78 is 0. The molecule has 1 unspecified atom stereocenters. The van der Waals surface area contributed by atoms with Crippen LogP contribution in [0.25, 0.3) is 0 Å². The summed E-state index contributed by atoms with van der Waals surface area (Å²) in [6.07, 6.45) is 1.29. The zero-order chi connectivity index (χ0) is 15.7. The van der Waals surface area contributed by atoms with Crippen molar-refractivity contribution in [2.45, 2.75) is 32.4 Å². The highest BCUT2D eigenvalue weighted by atomic mass is 32.2. The molecule has 0 radical (unpaired) electrons. The molecule has 1 aromatic carbocycles. The Hall–Kier alpha value is -1.49. The maximum absolute atomic E-state index is 11.6. The van der Waals surface area contributed by atoms with Crippen molar-refractivity contribution in [3.05, 3.63) is 35.4 Å². The van der Waals surface area contributed by atoms with Crippen LogP contribution in [0.4, 0.5) is 0 Å². The second-order valence-corrected chi connectivity index (χ2v) is 6.20. The van der Waals surface area contributed by atoms with E-state index in [1.165, 1.54) is 11.1 Å². The average molecular weight is 309 g/mol. The Labute approximate surface area is 130 Å². The van der Waals surface area contributed by atoms with Gasteiger partial charge in [-0.1, -0.05) is 36.8 Å². The second-order valence-electron chi connectivity index (χ2n) is 5.21. The first-order valence-corrected chi connectivity index (χ1v) is 8.27. The zero-order valence-electron chi connectivity index (χ0n) is 12.6. The SMILES string of the molecule is Cc1cccc(CSCC(=O)NCCCC(C)C(=O)O)c1. The summed E-state index contributed by atoms with van der Waals surface area (Å²) in [5.74, 6) is 0.136. The van der Waals surface area contributed by atoms with Gasteiger partial charge in [-0.15, -0.1) is 11.8 Å². The molecule has 1 aromatic rings. The van der Waals surface area contributed by atoms with E-state index in [1.54, 1.807) is 18.7 Å². The van der Waals surface area contributed by atoms with E-state index in [-0.39, 0.29) is 11.8 Å². The number of rotatable bonds is 9. The monoisotopic (exact) mass is 309 g/mol. The highest BCUT2D eigenvalue weighted by molar-refractivity contribution is 7.99. The summed E-state index contributed by atoms with van der Waals surface area (Å²) in [5, 5.41) is 11.6. The lowest BCUT2D eigenvalue weighted by Crippen LogP contribution is -2.26. The molecule has 0 fully saturated rings. The quantitative estimate of drug-likeness (QED) is 0.688. The standard InChI is InChI=1S/C16H23NO3S/c1-12-5-3-7-14(9-12)10-21-11-15(18)17-8-4-6-13(2)16(19)20/h3,5,7,9,13H,4,6,8,10-11H2,1-2H3,(H,17,18)(H,19,20). The summed E-state index contributed by atoms with van der Waals surface area (Å²) in [6.45, 7) is 4.28. The van der Waals surface area contributed by atoms with Crippen molar-refractivity contribution < 1.29 is 14.7 Å². The molecule has 4 nitrogen and oxygen atoms in total. The number of aryl methyl sites for hydroxylation is 1. The van der Waals surface area contributed by atoms with E-state index >= 15 is 0 Å². The first-order chi connectivity index (χ1) is 9.99. The molecule has 0 heterocycles. The number of amides is 1. The molecular formula is C16H23NO3S. The first-order valence-electron chi connectivity index (χ1n) is 7.12. The Kier molecular flexibility index (Phi) is 7.90. The van der Waals surface area contributed by atoms with Crippen molar-refractivity contribution in [3.8, 4) is 0 Å². The van der Waals surface area contributed by atoms with Crippen LogP contribution in [0, 0.1) is 12.8 Å². The van der Waals surface area contributed by atoms with Crippen LogP contribution >= 0.6 is 11.8 Å². The molecule has 0 spiro atoms. The number of hydrogen-bond acceptors (Lipinski definition) is 3. The predicted molar refractivity (Wildman–Crippen MR) is 86.4 cm³/mol. The molecular weight excluding hydrogens is 286 g/mol. The van der Waals surface area contributed by atoms with Gasteiger partial charge in [0.15, 0.2) is 0 Å². The van der Waals surface area contributed by atoms with Crippen molar-refractivity contribution in [2.75, 3.05) is 12.3 Å². The molecule has 0 aromatic heterocycles. The molecule has 0 saturated heterocycles. The lowest BCUT2D eigenvalue weighted by Gasteiger charge is -2.07. The van der Waals surface area contributed by atoms with Crippen LogP contribution in [0.2, 0.25) is 0 Å². The maximum Gasteiger partial charge on any atom is 0.306 e. The molecule has 1 atom stereocenters. The van der Waals surface area contributed by atoms with E-state index in [4.69, 9.17) is 5.11 Å². The van der Waals surface area contributed by atoms with Crippen molar-refractivity contribution in [1.29, 1.82) is 0 Å². The van der Waals surface area contributed by atoms with Crippen LogP contribution in [0.1, 0.15) is 30.9 Å². The molecule has 0 aliphatic carbocycles. The minimum absolute atomic E-state index is 0.00984. The molecule has 0 aliphatic rings. The van der Waals surface area contributed by atoms with E-state index in [1.807, 2.05) is 6.07 Å². The van der Waals surface area contributed by atoms with E-state index in [0.29, 0.717) is 25.1 Å². The number of nitrogens with one attached hydrogen (secondary N) is 1. The van der Waals surface area contributed by atoms with Crippen LogP contribution in [-0.2, 0) is 15.3 Å². The third-order valence-electron chi connectivity index (χ3n) is 3.14. The zero-order valence-corrected chi connectivity index (χ0v) is 13.4. The number of carboxylic acids is 1. The Morgan fingerprint density at radius 3 is 2.81 bits per heavy atom. The lowest BCUT2D eigenvalue weighted by molar-refractivity contribution is -0.141. The van der Waals surface area contributed by atoms with Crippen molar-refractivity contribution >= 4 is 23.6 Å². The van der Waals surface area contributed by atoms with Crippen LogP contribution in [0.3, 0.4) is 0 Å². The molecule has 0 bridgehead atoms. The molecule has 0 aliphatic heterocycles. The number of aliphatic carboxylic acids is 1.